The van der Waals surface area contributed by atoms with Crippen LogP contribution < -0.4 is 10.6 Å². The van der Waals surface area contributed by atoms with Crippen molar-refractivity contribution < 1.29 is 4.79 Å². The summed E-state index contributed by atoms with van der Waals surface area (Å²) in [7, 11) is 0. The highest BCUT2D eigenvalue weighted by Crippen LogP contribution is 2.26. The van der Waals surface area contributed by atoms with Gasteiger partial charge in [0.05, 0.1) is 18.3 Å². The van der Waals surface area contributed by atoms with Crippen molar-refractivity contribution in [2.75, 3.05) is 10.6 Å². The number of para-hydroxylation sites is 1. The fourth-order valence-corrected chi connectivity index (χ4v) is 3.01. The Bertz CT molecular complexity index is 917. The number of nitrogens with zero attached hydrogens (tertiary/aromatic N) is 1. The third-order valence-electron chi connectivity index (χ3n) is 4.34. The summed E-state index contributed by atoms with van der Waals surface area (Å²) in [4.78, 5) is 16.7. The molecule has 0 aliphatic heterocycles. The van der Waals surface area contributed by atoms with Gasteiger partial charge in [-0.1, -0.05) is 61.9 Å². The lowest BCUT2D eigenvalue weighted by atomic mass is 10.0. The average Bonchev–Trinajstić information content (AvgIpc) is 2.63. The molecule has 3 aromatic rings. The van der Waals surface area contributed by atoms with Crippen molar-refractivity contribution in [2.45, 2.75) is 33.1 Å². The van der Waals surface area contributed by atoms with Gasteiger partial charge in [-0.2, -0.15) is 0 Å². The van der Waals surface area contributed by atoms with Crippen LogP contribution in [0.1, 0.15) is 36.5 Å². The maximum Gasteiger partial charge on any atom is 0.228 e. The van der Waals surface area contributed by atoms with Crippen LogP contribution in [0.3, 0.4) is 0 Å². The first-order valence-corrected chi connectivity index (χ1v) is 9.18. The van der Waals surface area contributed by atoms with E-state index in [1.807, 2.05) is 55.5 Å². The quantitative estimate of drug-likeness (QED) is 0.616. The molecule has 2 aromatic carbocycles. The molecule has 138 valence electrons. The van der Waals surface area contributed by atoms with Gasteiger partial charge in [-0.3, -0.25) is 4.79 Å². The lowest BCUT2D eigenvalue weighted by molar-refractivity contribution is -0.115. The Balaban J connectivity index is 1.63. The third-order valence-corrected chi connectivity index (χ3v) is 4.34. The lowest BCUT2D eigenvalue weighted by Gasteiger charge is -2.14. The number of carbonyl (C=O) groups excluding carboxylic acids is 1. The van der Waals surface area contributed by atoms with Crippen LogP contribution in [0.4, 0.5) is 17.2 Å². The number of benzene rings is 2. The zero-order chi connectivity index (χ0) is 19.2. The molecule has 0 atom stereocenters. The van der Waals surface area contributed by atoms with Gasteiger partial charge in [-0.25, -0.2) is 4.98 Å². The number of aryl methyl sites for hydroxylation is 1. The van der Waals surface area contributed by atoms with Gasteiger partial charge in [0, 0.05) is 5.69 Å². The molecule has 27 heavy (non-hydrogen) atoms. The first-order chi connectivity index (χ1) is 13.0. The number of aromatic nitrogens is 1. The Morgan fingerprint density at radius 2 is 1.85 bits per heavy atom. The predicted octanol–water partition coefficient (Wildman–Crippen LogP) is 5.44. The first kappa shape index (κ1) is 18.6. The summed E-state index contributed by atoms with van der Waals surface area (Å²) in [5.41, 5.74) is 5.14. The van der Waals surface area contributed by atoms with Crippen LogP contribution in [-0.2, 0) is 11.2 Å². The smallest absolute Gasteiger partial charge is 0.228 e. The first-order valence-electron chi connectivity index (χ1n) is 9.18. The number of carbonyl (C=O) groups is 1. The van der Waals surface area contributed by atoms with Crippen LogP contribution in [-0.4, -0.2) is 10.9 Å². The molecular weight excluding hydrogens is 334 g/mol. The third kappa shape index (κ3) is 5.17. The molecule has 0 bridgehead atoms. The topological polar surface area (TPSA) is 54.0 Å². The number of pyridine rings is 1. The van der Waals surface area contributed by atoms with E-state index in [2.05, 4.69) is 41.6 Å². The van der Waals surface area contributed by atoms with Crippen LogP contribution in [0.2, 0.25) is 0 Å². The molecule has 1 amide bonds. The molecule has 3 rings (SSSR count). The molecular formula is C23H25N3O. The van der Waals surface area contributed by atoms with Gasteiger partial charge in [0.2, 0.25) is 5.91 Å². The number of hydrogen-bond acceptors (Lipinski definition) is 3. The minimum Gasteiger partial charge on any atom is -0.340 e. The van der Waals surface area contributed by atoms with E-state index in [-0.39, 0.29) is 5.91 Å². The molecule has 0 saturated heterocycles. The highest BCUT2D eigenvalue weighted by molar-refractivity contribution is 5.92. The molecule has 2 N–H and O–H groups in total. The Morgan fingerprint density at radius 3 is 2.56 bits per heavy atom. The summed E-state index contributed by atoms with van der Waals surface area (Å²) in [6, 6.07) is 19.9. The summed E-state index contributed by atoms with van der Waals surface area (Å²) in [5.74, 6) is 1.13. The van der Waals surface area contributed by atoms with Gasteiger partial charge in [0.25, 0.3) is 0 Å². The summed E-state index contributed by atoms with van der Waals surface area (Å²) < 4.78 is 0. The lowest BCUT2D eigenvalue weighted by Crippen LogP contribution is -2.14. The Kier molecular flexibility index (Phi) is 5.87. The van der Waals surface area contributed by atoms with E-state index in [1.54, 1.807) is 6.20 Å². The monoisotopic (exact) mass is 359 g/mol. The van der Waals surface area contributed by atoms with Crippen molar-refractivity contribution in [2.24, 2.45) is 0 Å². The number of anilines is 3. The van der Waals surface area contributed by atoms with Crippen LogP contribution in [0, 0.1) is 6.92 Å². The van der Waals surface area contributed by atoms with Crippen LogP contribution in [0.5, 0.6) is 0 Å². The van der Waals surface area contributed by atoms with Crippen LogP contribution in [0.15, 0.2) is 66.9 Å². The van der Waals surface area contributed by atoms with E-state index >= 15 is 0 Å². The van der Waals surface area contributed by atoms with E-state index in [0.29, 0.717) is 18.0 Å². The normalized spacial score (nSPS) is 10.7. The van der Waals surface area contributed by atoms with E-state index < -0.39 is 0 Å². The molecule has 0 fully saturated rings. The zero-order valence-corrected chi connectivity index (χ0v) is 16.0. The second-order valence-electron chi connectivity index (χ2n) is 7.01. The SMILES string of the molecule is Cc1cccc(CC(=O)Nc2ccc(Nc3ccccc3C(C)C)nc2)c1. The largest absolute Gasteiger partial charge is 0.340 e. The van der Waals surface area contributed by atoms with Gasteiger partial charge < -0.3 is 10.6 Å². The molecule has 4 nitrogen and oxygen atoms in total. The van der Waals surface area contributed by atoms with Gasteiger partial charge >= 0.3 is 0 Å². The molecule has 0 saturated carbocycles. The molecule has 1 aromatic heterocycles. The van der Waals surface area contributed by atoms with E-state index in [0.717, 1.165) is 22.6 Å². The fraction of sp³-hybridized carbons (Fsp3) is 0.217. The van der Waals surface area contributed by atoms with Crippen molar-refractivity contribution in [3.05, 3.63) is 83.6 Å². The highest BCUT2D eigenvalue weighted by Gasteiger charge is 2.08. The summed E-state index contributed by atoms with van der Waals surface area (Å²) in [5, 5.41) is 6.26. The standard InChI is InChI=1S/C23H25N3O/c1-16(2)20-9-4-5-10-21(20)26-22-12-11-19(15-24-22)25-23(27)14-18-8-6-7-17(3)13-18/h4-13,15-16H,14H2,1-3H3,(H,24,26)(H,25,27). The minimum atomic E-state index is -0.0479. The van der Waals surface area contributed by atoms with Crippen LogP contribution in [0.25, 0.3) is 0 Å². The maximum atomic E-state index is 12.2. The second-order valence-corrected chi connectivity index (χ2v) is 7.01. The molecule has 1 heterocycles. The van der Waals surface area contributed by atoms with Gasteiger partial charge in [0.1, 0.15) is 5.82 Å². The molecule has 0 spiro atoms. The van der Waals surface area contributed by atoms with Crippen molar-refractivity contribution >= 4 is 23.1 Å². The number of rotatable bonds is 6. The number of hydrogen-bond donors (Lipinski definition) is 2. The molecule has 0 aliphatic rings. The van der Waals surface area contributed by atoms with E-state index in [1.165, 1.54) is 5.56 Å². The van der Waals surface area contributed by atoms with Crippen molar-refractivity contribution in [3.63, 3.8) is 0 Å². The summed E-state index contributed by atoms with van der Waals surface area (Å²) >= 11 is 0. The Labute approximate surface area is 160 Å². The van der Waals surface area contributed by atoms with Crippen LogP contribution >= 0.6 is 0 Å². The Morgan fingerprint density at radius 1 is 1.04 bits per heavy atom. The van der Waals surface area contributed by atoms with Crippen molar-refractivity contribution in [3.8, 4) is 0 Å². The van der Waals surface area contributed by atoms with Gasteiger partial charge in [-0.05, 0) is 42.2 Å². The molecule has 4 heteroatoms. The van der Waals surface area contributed by atoms with Gasteiger partial charge in [0.15, 0.2) is 0 Å². The highest BCUT2D eigenvalue weighted by atomic mass is 16.1. The van der Waals surface area contributed by atoms with E-state index in [9.17, 15) is 4.79 Å². The number of amides is 1. The average molecular weight is 359 g/mol. The van der Waals surface area contributed by atoms with E-state index in [4.69, 9.17) is 0 Å². The predicted molar refractivity (Wildman–Crippen MR) is 112 cm³/mol. The van der Waals surface area contributed by atoms with Crippen molar-refractivity contribution in [1.29, 1.82) is 0 Å². The molecule has 0 aliphatic carbocycles. The van der Waals surface area contributed by atoms with Gasteiger partial charge in [-0.15, -0.1) is 0 Å². The minimum absolute atomic E-state index is 0.0479. The number of nitrogens with one attached hydrogen (secondary N) is 2. The Hall–Kier alpha value is -3.14. The molecule has 0 radical (unpaired) electrons. The summed E-state index contributed by atoms with van der Waals surface area (Å²) in [6.45, 7) is 6.36. The zero-order valence-electron chi connectivity index (χ0n) is 16.0. The second kappa shape index (κ2) is 8.49. The summed E-state index contributed by atoms with van der Waals surface area (Å²) in [6.07, 6.45) is 2.03. The molecule has 0 unspecified atom stereocenters. The maximum absolute atomic E-state index is 12.2. The van der Waals surface area contributed by atoms with Crippen molar-refractivity contribution in [1.82, 2.24) is 4.98 Å². The fourth-order valence-electron chi connectivity index (χ4n) is 3.01.